The zero-order valence-corrected chi connectivity index (χ0v) is 9.63. The first-order valence-electron chi connectivity index (χ1n) is 6.18. The smallest absolute Gasteiger partial charge is 0.0197 e. The zero-order chi connectivity index (χ0) is 9.97. The number of piperidine rings is 1. The maximum atomic E-state index is 3.84. The summed E-state index contributed by atoms with van der Waals surface area (Å²) in [4.78, 5) is 2.46. The van der Waals surface area contributed by atoms with E-state index < -0.39 is 0 Å². The van der Waals surface area contributed by atoms with Crippen LogP contribution in [-0.2, 0) is 0 Å². The Kier molecular flexibility index (Phi) is 3.45. The molecule has 2 fully saturated rings. The second-order valence-electron chi connectivity index (χ2n) is 5.38. The van der Waals surface area contributed by atoms with E-state index in [-0.39, 0.29) is 0 Å². The maximum Gasteiger partial charge on any atom is 0.0197 e. The van der Waals surface area contributed by atoms with E-state index >= 15 is 0 Å². The number of nitrogens with one attached hydrogen (secondary N) is 1. The van der Waals surface area contributed by atoms with Crippen LogP contribution in [0.1, 0.15) is 39.0 Å². The van der Waals surface area contributed by atoms with Gasteiger partial charge in [0.1, 0.15) is 0 Å². The fourth-order valence-corrected chi connectivity index (χ4v) is 2.99. The van der Waals surface area contributed by atoms with Gasteiger partial charge in [0.15, 0.2) is 0 Å². The summed E-state index contributed by atoms with van der Waals surface area (Å²) in [5.74, 6) is 0.953. The first-order valence-corrected chi connectivity index (χ1v) is 6.18. The Balaban J connectivity index is 1.74. The van der Waals surface area contributed by atoms with E-state index in [2.05, 4.69) is 24.2 Å². The molecule has 2 nitrogen and oxygen atoms in total. The van der Waals surface area contributed by atoms with E-state index in [1.807, 2.05) is 0 Å². The molecular formula is C12H24N2. The maximum absolute atomic E-state index is 3.84. The Labute approximate surface area is 88.1 Å². The molecule has 1 saturated carbocycles. The fraction of sp³-hybridized carbons (Fsp3) is 1.00. The topological polar surface area (TPSA) is 15.3 Å². The molecule has 0 amide bonds. The van der Waals surface area contributed by atoms with Gasteiger partial charge in [-0.3, -0.25) is 0 Å². The minimum Gasteiger partial charge on any atom is -0.310 e. The molecular weight excluding hydrogens is 172 g/mol. The minimum absolute atomic E-state index is 0.768. The Hall–Kier alpha value is -0.0800. The first kappa shape index (κ1) is 10.4. The summed E-state index contributed by atoms with van der Waals surface area (Å²) in [6.07, 6.45) is 6.99. The van der Waals surface area contributed by atoms with Crippen LogP contribution in [0.25, 0.3) is 0 Å². The summed E-state index contributed by atoms with van der Waals surface area (Å²) >= 11 is 0. The average Bonchev–Trinajstić information content (AvgIpc) is 2.51. The van der Waals surface area contributed by atoms with Crippen LogP contribution >= 0.6 is 0 Å². The molecule has 2 rings (SSSR count). The lowest BCUT2D eigenvalue weighted by atomic mass is 10.0. The number of nitrogens with zero attached hydrogens (tertiary/aromatic N) is 1. The molecule has 0 aromatic rings. The second kappa shape index (κ2) is 4.63. The highest BCUT2D eigenvalue weighted by atomic mass is 15.1. The Morgan fingerprint density at radius 3 is 2.64 bits per heavy atom. The van der Waals surface area contributed by atoms with Crippen molar-refractivity contribution in [3.63, 3.8) is 0 Å². The molecule has 0 aromatic heterocycles. The zero-order valence-electron chi connectivity index (χ0n) is 9.63. The average molecular weight is 196 g/mol. The molecule has 82 valence electrons. The lowest BCUT2D eigenvalue weighted by Gasteiger charge is -2.32. The summed E-state index contributed by atoms with van der Waals surface area (Å²) < 4.78 is 0. The van der Waals surface area contributed by atoms with Gasteiger partial charge in [-0.1, -0.05) is 6.92 Å². The molecule has 1 aliphatic carbocycles. The van der Waals surface area contributed by atoms with Crippen molar-refractivity contribution in [3.8, 4) is 0 Å². The van der Waals surface area contributed by atoms with Crippen molar-refractivity contribution in [1.29, 1.82) is 0 Å². The lowest BCUT2D eigenvalue weighted by molar-refractivity contribution is 0.215. The summed E-state index contributed by atoms with van der Waals surface area (Å²) in [7, 11) is 2.24. The number of hydrogen-bond donors (Lipinski definition) is 1. The van der Waals surface area contributed by atoms with Crippen molar-refractivity contribution in [3.05, 3.63) is 0 Å². The van der Waals surface area contributed by atoms with Crippen molar-refractivity contribution in [1.82, 2.24) is 10.2 Å². The Morgan fingerprint density at radius 2 is 2.00 bits per heavy atom. The van der Waals surface area contributed by atoms with Gasteiger partial charge in [0, 0.05) is 18.6 Å². The summed E-state index contributed by atoms with van der Waals surface area (Å²) in [5.41, 5.74) is 0. The highest BCUT2D eigenvalue weighted by molar-refractivity contribution is 4.84. The molecule has 14 heavy (non-hydrogen) atoms. The molecule has 0 aromatic carbocycles. The van der Waals surface area contributed by atoms with Gasteiger partial charge in [0.25, 0.3) is 0 Å². The predicted molar refractivity (Wildman–Crippen MR) is 60.5 cm³/mol. The number of likely N-dealkylation sites (tertiary alicyclic amines) is 1. The van der Waals surface area contributed by atoms with Crippen molar-refractivity contribution >= 4 is 0 Å². The Morgan fingerprint density at radius 1 is 1.14 bits per heavy atom. The third-order valence-corrected chi connectivity index (χ3v) is 3.79. The molecule has 2 heteroatoms. The molecule has 1 N–H and O–H groups in total. The van der Waals surface area contributed by atoms with Crippen LogP contribution in [0, 0.1) is 5.92 Å². The van der Waals surface area contributed by atoms with Gasteiger partial charge < -0.3 is 10.2 Å². The number of rotatable bonds is 2. The van der Waals surface area contributed by atoms with Crippen LogP contribution in [-0.4, -0.2) is 37.1 Å². The van der Waals surface area contributed by atoms with E-state index in [4.69, 9.17) is 0 Å². The van der Waals surface area contributed by atoms with Crippen LogP contribution in [0.2, 0.25) is 0 Å². The van der Waals surface area contributed by atoms with Crippen molar-refractivity contribution in [2.24, 2.45) is 5.92 Å². The van der Waals surface area contributed by atoms with Crippen LogP contribution in [0.4, 0.5) is 0 Å². The van der Waals surface area contributed by atoms with Crippen molar-refractivity contribution in [2.75, 3.05) is 20.1 Å². The monoisotopic (exact) mass is 196 g/mol. The standard InChI is InChI=1S/C12H24N2/c1-10-5-6-11(8-10)13-12-4-3-7-14(2)9-12/h10-13H,3-9H2,1-2H3. The highest BCUT2D eigenvalue weighted by Gasteiger charge is 2.25. The van der Waals surface area contributed by atoms with E-state index in [1.165, 1.54) is 45.2 Å². The largest absolute Gasteiger partial charge is 0.310 e. The van der Waals surface area contributed by atoms with Crippen LogP contribution in [0.15, 0.2) is 0 Å². The second-order valence-corrected chi connectivity index (χ2v) is 5.38. The normalized spacial score (nSPS) is 40.3. The molecule has 1 heterocycles. The third kappa shape index (κ3) is 2.71. The molecule has 3 atom stereocenters. The van der Waals surface area contributed by atoms with Gasteiger partial charge in [0.2, 0.25) is 0 Å². The van der Waals surface area contributed by atoms with Crippen LogP contribution in [0.3, 0.4) is 0 Å². The van der Waals surface area contributed by atoms with Gasteiger partial charge in [-0.25, -0.2) is 0 Å². The number of hydrogen-bond acceptors (Lipinski definition) is 2. The predicted octanol–water partition coefficient (Wildman–Crippen LogP) is 1.86. The summed E-state index contributed by atoms with van der Waals surface area (Å²) in [6, 6.07) is 1.59. The minimum atomic E-state index is 0.768. The Bertz CT molecular complexity index is 181. The molecule has 0 spiro atoms. The third-order valence-electron chi connectivity index (χ3n) is 3.79. The van der Waals surface area contributed by atoms with E-state index in [1.54, 1.807) is 0 Å². The quantitative estimate of drug-likeness (QED) is 0.725. The molecule has 2 aliphatic rings. The fourth-order valence-electron chi connectivity index (χ4n) is 2.99. The number of likely N-dealkylation sites (N-methyl/N-ethyl adjacent to an activating group) is 1. The molecule has 0 bridgehead atoms. The van der Waals surface area contributed by atoms with E-state index in [9.17, 15) is 0 Å². The summed E-state index contributed by atoms with van der Waals surface area (Å²) in [5, 5.41) is 3.84. The molecule has 1 aliphatic heterocycles. The van der Waals surface area contributed by atoms with Crippen LogP contribution in [0.5, 0.6) is 0 Å². The van der Waals surface area contributed by atoms with Crippen molar-refractivity contribution in [2.45, 2.75) is 51.1 Å². The van der Waals surface area contributed by atoms with Gasteiger partial charge in [-0.05, 0) is 51.6 Å². The lowest BCUT2D eigenvalue weighted by Crippen LogP contribution is -2.47. The van der Waals surface area contributed by atoms with Gasteiger partial charge >= 0.3 is 0 Å². The van der Waals surface area contributed by atoms with Gasteiger partial charge in [-0.15, -0.1) is 0 Å². The van der Waals surface area contributed by atoms with E-state index in [0.29, 0.717) is 0 Å². The van der Waals surface area contributed by atoms with E-state index in [0.717, 1.165) is 18.0 Å². The first-order chi connectivity index (χ1) is 6.74. The molecule has 3 unspecified atom stereocenters. The molecule has 1 saturated heterocycles. The van der Waals surface area contributed by atoms with Gasteiger partial charge in [0.05, 0.1) is 0 Å². The summed E-state index contributed by atoms with van der Waals surface area (Å²) in [6.45, 7) is 4.93. The highest BCUT2D eigenvalue weighted by Crippen LogP contribution is 2.25. The van der Waals surface area contributed by atoms with Crippen molar-refractivity contribution < 1.29 is 0 Å². The SMILES string of the molecule is CC1CCC(NC2CCCN(C)C2)C1. The molecule has 0 radical (unpaired) electrons. The van der Waals surface area contributed by atoms with Crippen LogP contribution < -0.4 is 5.32 Å². The van der Waals surface area contributed by atoms with Gasteiger partial charge in [-0.2, -0.15) is 0 Å².